The van der Waals surface area contributed by atoms with Gasteiger partial charge in [-0.15, -0.1) is 0 Å². The number of hydrogen-bond donors (Lipinski definition) is 2. The van der Waals surface area contributed by atoms with E-state index < -0.39 is 10.8 Å². The summed E-state index contributed by atoms with van der Waals surface area (Å²) < 4.78 is 0. The normalized spacial score (nSPS) is 13.7. The van der Waals surface area contributed by atoms with Crippen molar-refractivity contribution < 1.29 is 14.5 Å². The average molecular weight is 341 g/mol. The first-order chi connectivity index (χ1) is 10.8. The first-order valence-electron chi connectivity index (χ1n) is 7.07. The highest BCUT2D eigenvalue weighted by Gasteiger charge is 2.24. The highest BCUT2D eigenvalue weighted by Crippen LogP contribution is 2.27. The molecule has 2 rings (SSSR count). The Morgan fingerprint density at radius 3 is 2.61 bits per heavy atom. The van der Waals surface area contributed by atoms with Gasteiger partial charge in [-0.1, -0.05) is 11.6 Å². The van der Waals surface area contributed by atoms with Gasteiger partial charge in [0.15, 0.2) is 0 Å². The van der Waals surface area contributed by atoms with Gasteiger partial charge in [0.1, 0.15) is 5.69 Å². The lowest BCUT2D eigenvalue weighted by molar-refractivity contribution is -0.383. The van der Waals surface area contributed by atoms with E-state index in [2.05, 4.69) is 10.6 Å². The maximum Gasteiger partial charge on any atom is 0.292 e. The number of carbonyl (C=O) groups excluding carboxylic acids is 2. The summed E-state index contributed by atoms with van der Waals surface area (Å²) in [5, 5.41) is 16.5. The maximum atomic E-state index is 12.0. The largest absolute Gasteiger partial charge is 0.352 e. The fraction of sp³-hybridized carbons (Fsp3) is 0.429. The molecule has 124 valence electrons. The number of halogens is 1. The second kappa shape index (κ2) is 7.38. The van der Waals surface area contributed by atoms with E-state index in [0.717, 1.165) is 12.8 Å². The lowest BCUT2D eigenvalue weighted by Gasteiger charge is -2.16. The van der Waals surface area contributed by atoms with E-state index in [1.165, 1.54) is 23.1 Å². The minimum atomic E-state index is -0.598. The van der Waals surface area contributed by atoms with Gasteiger partial charge < -0.3 is 10.6 Å². The topological polar surface area (TPSA) is 105 Å². The number of rotatable bonds is 7. The van der Waals surface area contributed by atoms with Crippen LogP contribution in [0.25, 0.3) is 0 Å². The molecule has 0 heterocycles. The third kappa shape index (κ3) is 5.50. The van der Waals surface area contributed by atoms with Gasteiger partial charge in [-0.3, -0.25) is 24.6 Å². The van der Waals surface area contributed by atoms with Gasteiger partial charge in [0.05, 0.1) is 18.0 Å². The van der Waals surface area contributed by atoms with E-state index in [9.17, 15) is 19.7 Å². The molecule has 23 heavy (non-hydrogen) atoms. The van der Waals surface area contributed by atoms with Crippen LogP contribution in [0.1, 0.15) is 12.8 Å². The number of nitro groups is 1. The molecule has 1 fully saturated rings. The summed E-state index contributed by atoms with van der Waals surface area (Å²) in [5.74, 6) is -0.603. The highest BCUT2D eigenvalue weighted by atomic mass is 35.5. The van der Waals surface area contributed by atoms with Crippen LogP contribution in [-0.4, -0.2) is 47.8 Å². The van der Waals surface area contributed by atoms with Crippen LogP contribution < -0.4 is 10.6 Å². The molecule has 1 aromatic carbocycles. The molecule has 0 spiro atoms. The summed E-state index contributed by atoms with van der Waals surface area (Å²) in [6.45, 7) is 0.0172. The van der Waals surface area contributed by atoms with E-state index in [4.69, 9.17) is 11.6 Å². The van der Waals surface area contributed by atoms with Crippen LogP contribution in [0.4, 0.5) is 11.4 Å². The molecule has 0 aromatic heterocycles. The van der Waals surface area contributed by atoms with E-state index >= 15 is 0 Å². The minimum absolute atomic E-state index is 0.0309. The molecule has 2 N–H and O–H groups in total. The van der Waals surface area contributed by atoms with Crippen molar-refractivity contribution in [1.29, 1.82) is 0 Å². The molecule has 1 aliphatic rings. The zero-order chi connectivity index (χ0) is 17.0. The number of anilines is 1. The Morgan fingerprint density at radius 2 is 2.00 bits per heavy atom. The van der Waals surface area contributed by atoms with Crippen LogP contribution in [0.5, 0.6) is 0 Å². The monoisotopic (exact) mass is 340 g/mol. The van der Waals surface area contributed by atoms with Crippen LogP contribution in [0.3, 0.4) is 0 Å². The minimum Gasteiger partial charge on any atom is -0.352 e. The summed E-state index contributed by atoms with van der Waals surface area (Å²) in [7, 11) is 1.62. The van der Waals surface area contributed by atoms with E-state index in [1.54, 1.807) is 7.05 Å². The Balaban J connectivity index is 1.89. The first kappa shape index (κ1) is 17.2. The molecule has 0 saturated heterocycles. The van der Waals surface area contributed by atoms with Crippen LogP contribution in [-0.2, 0) is 9.59 Å². The van der Waals surface area contributed by atoms with Crippen molar-refractivity contribution in [3.8, 4) is 0 Å². The number of nitro benzene ring substituents is 1. The average Bonchev–Trinajstić information content (AvgIpc) is 3.21. The summed E-state index contributed by atoms with van der Waals surface area (Å²) in [4.78, 5) is 35.5. The molecule has 0 aliphatic heterocycles. The van der Waals surface area contributed by atoms with Crippen molar-refractivity contribution in [1.82, 2.24) is 10.2 Å². The van der Waals surface area contributed by atoms with Crippen molar-refractivity contribution in [3.05, 3.63) is 33.3 Å². The summed E-state index contributed by atoms with van der Waals surface area (Å²) >= 11 is 5.80. The van der Waals surface area contributed by atoms with Crippen molar-refractivity contribution in [3.63, 3.8) is 0 Å². The summed E-state index contributed by atoms with van der Waals surface area (Å²) in [6.07, 6.45) is 1.99. The Kier molecular flexibility index (Phi) is 5.51. The van der Waals surface area contributed by atoms with Crippen molar-refractivity contribution in [2.75, 3.05) is 25.5 Å². The van der Waals surface area contributed by atoms with Crippen molar-refractivity contribution in [2.45, 2.75) is 18.9 Å². The van der Waals surface area contributed by atoms with E-state index in [1.807, 2.05) is 0 Å². The van der Waals surface area contributed by atoms with Crippen LogP contribution in [0.15, 0.2) is 18.2 Å². The Bertz CT molecular complexity index is 633. The van der Waals surface area contributed by atoms with Gasteiger partial charge in [0.2, 0.25) is 11.8 Å². The van der Waals surface area contributed by atoms with Crippen molar-refractivity contribution >= 4 is 34.8 Å². The number of nitrogens with one attached hydrogen (secondary N) is 2. The molecule has 1 saturated carbocycles. The molecule has 0 unspecified atom stereocenters. The van der Waals surface area contributed by atoms with E-state index in [0.29, 0.717) is 0 Å². The first-order valence-corrected chi connectivity index (χ1v) is 7.44. The fourth-order valence-electron chi connectivity index (χ4n) is 2.00. The Hall–Kier alpha value is -2.19. The number of likely N-dealkylation sites (N-methyl/N-ethyl adjacent to an activating group) is 1. The molecule has 9 heteroatoms. The quantitative estimate of drug-likeness (QED) is 0.576. The fourth-order valence-corrected chi connectivity index (χ4v) is 2.18. The zero-order valence-corrected chi connectivity index (χ0v) is 13.3. The van der Waals surface area contributed by atoms with Gasteiger partial charge in [0.25, 0.3) is 5.69 Å². The number of nitrogens with zero attached hydrogens (tertiary/aromatic N) is 2. The Morgan fingerprint density at radius 1 is 1.35 bits per heavy atom. The van der Waals surface area contributed by atoms with Crippen LogP contribution >= 0.6 is 11.6 Å². The molecule has 0 radical (unpaired) electrons. The van der Waals surface area contributed by atoms with Crippen LogP contribution in [0, 0.1) is 10.1 Å². The summed E-state index contributed by atoms with van der Waals surface area (Å²) in [6, 6.07) is 4.19. The van der Waals surface area contributed by atoms with E-state index in [-0.39, 0.29) is 41.4 Å². The summed E-state index contributed by atoms with van der Waals surface area (Å²) in [5.41, 5.74) is -0.208. The van der Waals surface area contributed by atoms with Gasteiger partial charge >= 0.3 is 0 Å². The van der Waals surface area contributed by atoms with Crippen LogP contribution in [0.2, 0.25) is 5.02 Å². The molecule has 8 nitrogen and oxygen atoms in total. The number of benzene rings is 1. The van der Waals surface area contributed by atoms with Gasteiger partial charge in [-0.25, -0.2) is 0 Å². The lowest BCUT2D eigenvalue weighted by atomic mass is 10.2. The Labute approximate surface area is 137 Å². The van der Waals surface area contributed by atoms with Gasteiger partial charge in [-0.05, 0) is 32.0 Å². The number of carbonyl (C=O) groups is 2. The third-order valence-corrected chi connectivity index (χ3v) is 3.43. The predicted octanol–water partition coefficient (Wildman–Crippen LogP) is 1.40. The third-order valence-electron chi connectivity index (χ3n) is 3.20. The maximum absolute atomic E-state index is 12.0. The lowest BCUT2D eigenvalue weighted by Crippen LogP contribution is -2.39. The second-order valence-electron chi connectivity index (χ2n) is 5.48. The number of hydrogen-bond acceptors (Lipinski definition) is 5. The molecular formula is C14H17ClN4O4. The molecular weight excluding hydrogens is 324 g/mol. The smallest absolute Gasteiger partial charge is 0.292 e. The van der Waals surface area contributed by atoms with Gasteiger partial charge in [0, 0.05) is 17.1 Å². The van der Waals surface area contributed by atoms with Crippen molar-refractivity contribution in [2.24, 2.45) is 0 Å². The van der Waals surface area contributed by atoms with Gasteiger partial charge in [-0.2, -0.15) is 0 Å². The number of amides is 2. The SMILES string of the molecule is CN(CC(=O)Nc1cc(Cl)ccc1[N+](=O)[O-])CC(=O)NC1CC1. The molecule has 1 aliphatic carbocycles. The molecule has 0 bridgehead atoms. The molecule has 0 atom stereocenters. The zero-order valence-electron chi connectivity index (χ0n) is 12.5. The molecule has 2 amide bonds. The highest BCUT2D eigenvalue weighted by molar-refractivity contribution is 6.31. The molecule has 1 aromatic rings. The predicted molar refractivity (Wildman–Crippen MR) is 85.4 cm³/mol. The standard InChI is InChI=1S/C14H17ClN4O4/c1-18(7-13(20)16-10-3-4-10)8-14(21)17-11-6-9(15)2-5-12(11)19(22)23/h2,5-6,10H,3-4,7-8H2,1H3,(H,16,20)(H,17,21). The second-order valence-corrected chi connectivity index (χ2v) is 5.92.